The van der Waals surface area contributed by atoms with E-state index in [1.807, 2.05) is 31.4 Å². The summed E-state index contributed by atoms with van der Waals surface area (Å²) in [6.45, 7) is 4.84. The van der Waals surface area contributed by atoms with Crippen LogP contribution in [0.2, 0.25) is 0 Å². The first kappa shape index (κ1) is 21.5. The van der Waals surface area contributed by atoms with Gasteiger partial charge in [0.2, 0.25) is 0 Å². The minimum atomic E-state index is -0.133. The fourth-order valence-corrected chi connectivity index (χ4v) is 3.55. The molecule has 0 atom stereocenters. The highest BCUT2D eigenvalue weighted by Gasteiger charge is 2.13. The molecule has 3 aromatic rings. The number of aromatic nitrogens is 4. The first-order valence-electron chi connectivity index (χ1n) is 9.26. The van der Waals surface area contributed by atoms with Gasteiger partial charge >= 0.3 is 0 Å². The Morgan fingerprint density at radius 2 is 2.10 bits per heavy atom. The molecule has 29 heavy (non-hydrogen) atoms. The van der Waals surface area contributed by atoms with E-state index in [0.717, 1.165) is 21.3 Å². The Balaban J connectivity index is 1.69. The van der Waals surface area contributed by atoms with E-state index in [-0.39, 0.29) is 5.91 Å². The maximum atomic E-state index is 12.4. The molecule has 2 heterocycles. The number of anilines is 1. The third kappa shape index (κ3) is 5.46. The van der Waals surface area contributed by atoms with Crippen molar-refractivity contribution < 1.29 is 9.53 Å². The molecule has 1 amide bonds. The number of nitrogens with zero attached hydrogens (tertiary/aromatic N) is 4. The Morgan fingerprint density at radius 3 is 2.86 bits per heavy atom. The molecule has 0 aliphatic heterocycles. The average molecular weight is 479 g/mol. The van der Waals surface area contributed by atoms with Crippen LogP contribution >= 0.6 is 27.7 Å². The maximum absolute atomic E-state index is 12.4. The molecule has 154 valence electrons. The molecule has 0 aliphatic carbocycles. The lowest BCUT2D eigenvalue weighted by molar-refractivity contribution is 0.0951. The number of carbonyl (C=O) groups excluding carboxylic acids is 1. The van der Waals surface area contributed by atoms with Gasteiger partial charge in [0, 0.05) is 24.2 Å². The normalized spacial score (nSPS) is 11.0. The topological polar surface area (TPSA) is 94.0 Å². The molecule has 10 heteroatoms. The zero-order valence-electron chi connectivity index (χ0n) is 16.3. The highest BCUT2D eigenvalue weighted by atomic mass is 79.9. The molecule has 0 spiro atoms. The molecule has 0 saturated heterocycles. The molecular formula is C19H23BrN6O2S. The smallest absolute Gasteiger partial charge is 0.252 e. The van der Waals surface area contributed by atoms with E-state index in [0.29, 0.717) is 43.6 Å². The van der Waals surface area contributed by atoms with Crippen molar-refractivity contribution in [1.29, 1.82) is 0 Å². The molecule has 0 aliphatic rings. The van der Waals surface area contributed by atoms with Gasteiger partial charge in [-0.25, -0.2) is 14.6 Å². The maximum Gasteiger partial charge on any atom is 0.252 e. The van der Waals surface area contributed by atoms with E-state index >= 15 is 0 Å². The van der Waals surface area contributed by atoms with Crippen molar-refractivity contribution in [3.8, 4) is 0 Å². The van der Waals surface area contributed by atoms with Crippen molar-refractivity contribution in [2.75, 3.05) is 37.9 Å². The Labute approximate surface area is 182 Å². The van der Waals surface area contributed by atoms with Gasteiger partial charge in [-0.2, -0.15) is 5.10 Å². The number of benzene rings is 1. The van der Waals surface area contributed by atoms with Gasteiger partial charge in [0.1, 0.15) is 5.82 Å². The number of hydrogen-bond acceptors (Lipinski definition) is 7. The minimum absolute atomic E-state index is 0.133. The van der Waals surface area contributed by atoms with Crippen LogP contribution in [0.5, 0.6) is 0 Å². The van der Waals surface area contributed by atoms with Gasteiger partial charge in [0.15, 0.2) is 10.8 Å². The van der Waals surface area contributed by atoms with Crippen LogP contribution in [0, 0.1) is 0 Å². The average Bonchev–Trinajstić information content (AvgIpc) is 3.14. The number of nitrogens with one attached hydrogen (secondary N) is 2. The highest BCUT2D eigenvalue weighted by molar-refractivity contribution is 9.10. The van der Waals surface area contributed by atoms with Crippen LogP contribution in [0.15, 0.2) is 40.1 Å². The Morgan fingerprint density at radius 1 is 1.28 bits per heavy atom. The van der Waals surface area contributed by atoms with Gasteiger partial charge < -0.3 is 15.4 Å². The van der Waals surface area contributed by atoms with E-state index in [2.05, 4.69) is 41.6 Å². The molecule has 2 N–H and O–H groups in total. The number of amides is 1. The lowest BCUT2D eigenvalue weighted by Gasteiger charge is -2.10. The van der Waals surface area contributed by atoms with Crippen molar-refractivity contribution in [2.45, 2.75) is 18.6 Å². The van der Waals surface area contributed by atoms with Crippen LogP contribution in [-0.2, 0) is 11.3 Å². The number of carbonyl (C=O) groups is 1. The number of hydrogen-bond donors (Lipinski definition) is 2. The van der Waals surface area contributed by atoms with E-state index in [9.17, 15) is 4.79 Å². The number of ether oxygens (including phenoxy) is 1. The van der Waals surface area contributed by atoms with Crippen molar-refractivity contribution in [2.24, 2.45) is 0 Å². The second kappa shape index (κ2) is 10.6. The summed E-state index contributed by atoms with van der Waals surface area (Å²) in [6.07, 6.45) is 3.68. The number of fused-ring (bicyclic) bond motifs is 1. The molecule has 0 bridgehead atoms. The summed E-state index contributed by atoms with van der Waals surface area (Å²) in [7, 11) is 0. The summed E-state index contributed by atoms with van der Waals surface area (Å²) in [6, 6.07) is 7.33. The lowest BCUT2D eigenvalue weighted by atomic mass is 10.2. The molecule has 0 unspecified atom stereocenters. The van der Waals surface area contributed by atoms with Gasteiger partial charge in [0.05, 0.1) is 30.3 Å². The molecule has 3 rings (SSSR count). The summed E-state index contributed by atoms with van der Waals surface area (Å²) >= 11 is 4.87. The molecule has 8 nitrogen and oxygen atoms in total. The van der Waals surface area contributed by atoms with Crippen LogP contribution in [0.1, 0.15) is 17.3 Å². The van der Waals surface area contributed by atoms with Crippen LogP contribution in [-0.4, -0.2) is 58.2 Å². The molecule has 0 saturated carbocycles. The van der Waals surface area contributed by atoms with Gasteiger partial charge in [-0.3, -0.25) is 4.79 Å². The van der Waals surface area contributed by atoms with Crippen LogP contribution < -0.4 is 10.6 Å². The fourth-order valence-electron chi connectivity index (χ4n) is 2.73. The number of halogens is 1. The van der Waals surface area contributed by atoms with Gasteiger partial charge in [0.25, 0.3) is 5.91 Å². The van der Waals surface area contributed by atoms with E-state index in [1.165, 1.54) is 11.8 Å². The standard InChI is InChI=1S/C19H23BrN6O2S/c1-3-28-11-9-21-16-14-12-23-26(17(14)25-19(24-16)29-2)10-8-22-18(27)13-6-4-5-7-15(13)20/h4-7,12H,3,8-11H2,1-2H3,(H,22,27)(H,21,24,25). The summed E-state index contributed by atoms with van der Waals surface area (Å²) < 4.78 is 7.92. The summed E-state index contributed by atoms with van der Waals surface area (Å²) in [5, 5.41) is 12.2. The second-order valence-electron chi connectivity index (χ2n) is 6.02. The van der Waals surface area contributed by atoms with Crippen LogP contribution in [0.25, 0.3) is 11.0 Å². The van der Waals surface area contributed by atoms with Crippen molar-refractivity contribution in [1.82, 2.24) is 25.1 Å². The summed E-state index contributed by atoms with van der Waals surface area (Å²) in [4.78, 5) is 21.5. The predicted molar refractivity (Wildman–Crippen MR) is 119 cm³/mol. The van der Waals surface area contributed by atoms with Gasteiger partial charge in [-0.05, 0) is 41.2 Å². The second-order valence-corrected chi connectivity index (χ2v) is 7.65. The molecule has 2 aromatic heterocycles. The summed E-state index contributed by atoms with van der Waals surface area (Å²) in [5.41, 5.74) is 1.34. The Bertz CT molecular complexity index is 980. The third-order valence-electron chi connectivity index (χ3n) is 4.13. The zero-order chi connectivity index (χ0) is 20.6. The molecule has 1 aromatic carbocycles. The first-order valence-corrected chi connectivity index (χ1v) is 11.3. The van der Waals surface area contributed by atoms with Gasteiger partial charge in [-0.15, -0.1) is 0 Å². The predicted octanol–water partition coefficient (Wildman–Crippen LogP) is 3.19. The van der Waals surface area contributed by atoms with Crippen molar-refractivity contribution in [3.05, 3.63) is 40.5 Å². The SMILES string of the molecule is CCOCCNc1nc(SC)nc2c1cnn2CCNC(=O)c1ccccc1Br. The highest BCUT2D eigenvalue weighted by Crippen LogP contribution is 2.23. The third-order valence-corrected chi connectivity index (χ3v) is 5.37. The van der Waals surface area contributed by atoms with Crippen LogP contribution in [0.3, 0.4) is 0 Å². The Kier molecular flexibility index (Phi) is 7.84. The van der Waals surface area contributed by atoms with E-state index < -0.39 is 0 Å². The quantitative estimate of drug-likeness (QED) is 0.262. The molecule has 0 fully saturated rings. The van der Waals surface area contributed by atoms with Crippen molar-refractivity contribution in [3.63, 3.8) is 0 Å². The monoisotopic (exact) mass is 478 g/mol. The summed E-state index contributed by atoms with van der Waals surface area (Å²) in [5.74, 6) is 0.606. The van der Waals surface area contributed by atoms with Crippen molar-refractivity contribution >= 4 is 50.5 Å². The minimum Gasteiger partial charge on any atom is -0.380 e. The number of rotatable bonds is 10. The molecule has 0 radical (unpaired) electrons. The zero-order valence-corrected chi connectivity index (χ0v) is 18.7. The van der Waals surface area contributed by atoms with Crippen LogP contribution in [0.4, 0.5) is 5.82 Å². The molecular weight excluding hydrogens is 456 g/mol. The van der Waals surface area contributed by atoms with Gasteiger partial charge in [-0.1, -0.05) is 23.9 Å². The fraction of sp³-hybridized carbons (Fsp3) is 0.368. The van der Waals surface area contributed by atoms with E-state index in [1.54, 1.807) is 16.9 Å². The number of thioether (sulfide) groups is 1. The Hall–Kier alpha value is -2.17. The largest absolute Gasteiger partial charge is 0.380 e. The lowest BCUT2D eigenvalue weighted by Crippen LogP contribution is -2.27. The van der Waals surface area contributed by atoms with E-state index in [4.69, 9.17) is 4.74 Å². The first-order chi connectivity index (χ1) is 14.1.